The molecule has 3 nitrogen and oxygen atoms in total. The molecule has 1 rings (SSSR count). The van der Waals surface area contributed by atoms with Crippen molar-refractivity contribution in [3.8, 4) is 0 Å². The maximum Gasteiger partial charge on any atom is 0.148 e. The molecule has 1 fully saturated rings. The first-order chi connectivity index (χ1) is 5.24. The summed E-state index contributed by atoms with van der Waals surface area (Å²) in [4.78, 5) is 10.2. The molecule has 64 valence electrons. The van der Waals surface area contributed by atoms with Gasteiger partial charge in [-0.2, -0.15) is 0 Å². The van der Waals surface area contributed by atoms with Gasteiger partial charge in [-0.3, -0.25) is 0 Å². The number of aldehydes is 1. The third-order valence-electron chi connectivity index (χ3n) is 2.38. The minimum Gasteiger partial charge on any atom is -0.385 e. The summed E-state index contributed by atoms with van der Waals surface area (Å²) in [6.07, 6.45) is 3.62. The number of nitrogens with two attached hydrogens (primary N) is 1. The van der Waals surface area contributed by atoms with Gasteiger partial charge in [0.1, 0.15) is 12.4 Å². The van der Waals surface area contributed by atoms with Crippen LogP contribution in [0.25, 0.3) is 0 Å². The van der Waals surface area contributed by atoms with Crippen LogP contribution in [-0.2, 0) is 4.79 Å². The van der Waals surface area contributed by atoms with E-state index in [0.29, 0.717) is 6.29 Å². The number of carbonyl (C=O) groups excluding carboxylic acids is 1. The molecule has 0 bridgehead atoms. The van der Waals surface area contributed by atoms with Crippen LogP contribution in [0.1, 0.15) is 25.7 Å². The van der Waals surface area contributed by atoms with Gasteiger partial charge in [0, 0.05) is 6.04 Å². The van der Waals surface area contributed by atoms with Gasteiger partial charge in [0.15, 0.2) is 0 Å². The van der Waals surface area contributed by atoms with E-state index in [1.807, 2.05) is 0 Å². The van der Waals surface area contributed by atoms with E-state index in [-0.39, 0.29) is 12.0 Å². The molecule has 0 unspecified atom stereocenters. The molecule has 0 radical (unpaired) electrons. The summed E-state index contributed by atoms with van der Waals surface area (Å²) < 4.78 is 0. The Morgan fingerprint density at radius 3 is 2.82 bits per heavy atom. The lowest BCUT2D eigenvalue weighted by Gasteiger charge is -2.27. The zero-order valence-corrected chi connectivity index (χ0v) is 6.57. The van der Waals surface area contributed by atoms with E-state index in [4.69, 9.17) is 5.73 Å². The topological polar surface area (TPSA) is 63.3 Å². The van der Waals surface area contributed by atoms with Crippen LogP contribution in [-0.4, -0.2) is 23.5 Å². The zero-order chi connectivity index (χ0) is 8.27. The second-order valence-corrected chi connectivity index (χ2v) is 3.31. The van der Waals surface area contributed by atoms with Gasteiger partial charge in [0.05, 0.1) is 0 Å². The summed E-state index contributed by atoms with van der Waals surface area (Å²) in [5.41, 5.74) is 5.69. The predicted molar refractivity (Wildman–Crippen MR) is 42.0 cm³/mol. The van der Waals surface area contributed by atoms with E-state index < -0.39 is 6.10 Å². The van der Waals surface area contributed by atoms with Crippen LogP contribution in [0.3, 0.4) is 0 Å². The number of aliphatic hydroxyl groups excluding tert-OH is 1. The van der Waals surface area contributed by atoms with E-state index in [1.54, 1.807) is 0 Å². The van der Waals surface area contributed by atoms with Crippen LogP contribution in [0.4, 0.5) is 0 Å². The summed E-state index contributed by atoms with van der Waals surface area (Å²) in [6, 6.07) is 0.184. The molecular formula is C8H15NO2. The second-order valence-electron chi connectivity index (χ2n) is 3.31. The highest BCUT2D eigenvalue weighted by molar-refractivity contribution is 5.56. The number of aliphatic hydroxyl groups is 1. The molecule has 3 atom stereocenters. The molecule has 0 aromatic carbocycles. The van der Waals surface area contributed by atoms with Crippen LogP contribution in [0.2, 0.25) is 0 Å². The summed E-state index contributed by atoms with van der Waals surface area (Å²) in [6.45, 7) is 0. The first kappa shape index (κ1) is 8.68. The molecule has 11 heavy (non-hydrogen) atoms. The van der Waals surface area contributed by atoms with Gasteiger partial charge >= 0.3 is 0 Å². The molecule has 1 aliphatic rings. The highest BCUT2D eigenvalue weighted by Crippen LogP contribution is 2.24. The summed E-state index contributed by atoms with van der Waals surface area (Å²) in [7, 11) is 0. The molecule has 0 aromatic rings. The van der Waals surface area contributed by atoms with Crippen molar-refractivity contribution in [2.45, 2.75) is 37.8 Å². The Morgan fingerprint density at radius 1 is 1.55 bits per heavy atom. The SMILES string of the molecule is N[C@@H]1CCC[C@@H]([C@@H](O)C=O)C1. The summed E-state index contributed by atoms with van der Waals surface area (Å²) >= 11 is 0. The summed E-state index contributed by atoms with van der Waals surface area (Å²) in [5, 5.41) is 9.18. The molecule has 1 aliphatic carbocycles. The maximum absolute atomic E-state index is 10.2. The number of rotatable bonds is 2. The highest BCUT2D eigenvalue weighted by atomic mass is 16.3. The van der Waals surface area contributed by atoms with E-state index in [2.05, 4.69) is 0 Å². The quantitative estimate of drug-likeness (QED) is 0.557. The van der Waals surface area contributed by atoms with E-state index in [1.165, 1.54) is 0 Å². The Labute approximate surface area is 66.6 Å². The average molecular weight is 157 g/mol. The molecule has 3 heteroatoms. The molecule has 0 heterocycles. The largest absolute Gasteiger partial charge is 0.385 e. The van der Waals surface area contributed by atoms with Crippen LogP contribution < -0.4 is 5.73 Å². The minimum absolute atomic E-state index is 0.108. The van der Waals surface area contributed by atoms with Crippen LogP contribution >= 0.6 is 0 Å². The van der Waals surface area contributed by atoms with Crippen molar-refractivity contribution in [1.82, 2.24) is 0 Å². The standard InChI is InChI=1S/C8H15NO2/c9-7-3-1-2-6(4-7)8(11)5-10/h5-8,11H,1-4,9H2/t6-,7-,8+/m1/s1. The first-order valence-electron chi connectivity index (χ1n) is 4.13. The number of hydrogen-bond acceptors (Lipinski definition) is 3. The lowest BCUT2D eigenvalue weighted by atomic mass is 9.83. The lowest BCUT2D eigenvalue weighted by Crippen LogP contribution is -2.34. The highest BCUT2D eigenvalue weighted by Gasteiger charge is 2.24. The molecule has 0 spiro atoms. The van der Waals surface area contributed by atoms with E-state index >= 15 is 0 Å². The molecule has 0 saturated heterocycles. The van der Waals surface area contributed by atoms with Gasteiger partial charge in [0.2, 0.25) is 0 Å². The van der Waals surface area contributed by atoms with Gasteiger partial charge in [-0.15, -0.1) is 0 Å². The van der Waals surface area contributed by atoms with Crippen LogP contribution in [0.5, 0.6) is 0 Å². The van der Waals surface area contributed by atoms with Crippen molar-refractivity contribution in [3.05, 3.63) is 0 Å². The molecule has 1 saturated carbocycles. The third kappa shape index (κ3) is 2.27. The smallest absolute Gasteiger partial charge is 0.148 e. The van der Waals surface area contributed by atoms with E-state index in [0.717, 1.165) is 25.7 Å². The van der Waals surface area contributed by atoms with Gasteiger partial charge in [0.25, 0.3) is 0 Å². The fourth-order valence-corrected chi connectivity index (χ4v) is 1.69. The normalized spacial score (nSPS) is 34.7. The average Bonchev–Trinajstić information content (AvgIpc) is 2.03. The first-order valence-corrected chi connectivity index (χ1v) is 4.13. The molecule has 0 aliphatic heterocycles. The zero-order valence-electron chi connectivity index (χ0n) is 6.57. The number of carbonyl (C=O) groups is 1. The fraction of sp³-hybridized carbons (Fsp3) is 0.875. The predicted octanol–water partition coefficient (Wildman–Crippen LogP) is 0.0637. The van der Waals surface area contributed by atoms with Crippen LogP contribution in [0, 0.1) is 5.92 Å². The second kappa shape index (κ2) is 3.83. The van der Waals surface area contributed by atoms with Gasteiger partial charge in [-0.1, -0.05) is 6.42 Å². The van der Waals surface area contributed by atoms with Gasteiger partial charge in [-0.25, -0.2) is 0 Å². The Morgan fingerprint density at radius 2 is 2.27 bits per heavy atom. The molecule has 3 N–H and O–H groups in total. The Hall–Kier alpha value is -0.410. The van der Waals surface area contributed by atoms with Crippen molar-refractivity contribution in [3.63, 3.8) is 0 Å². The monoisotopic (exact) mass is 157 g/mol. The number of hydrogen-bond donors (Lipinski definition) is 2. The minimum atomic E-state index is -0.790. The Balaban J connectivity index is 2.38. The molecular weight excluding hydrogens is 142 g/mol. The third-order valence-corrected chi connectivity index (χ3v) is 2.38. The fourth-order valence-electron chi connectivity index (χ4n) is 1.69. The Kier molecular flexibility index (Phi) is 3.02. The molecule has 0 aromatic heterocycles. The maximum atomic E-state index is 10.2. The van der Waals surface area contributed by atoms with Crippen molar-refractivity contribution < 1.29 is 9.90 Å². The van der Waals surface area contributed by atoms with Crippen molar-refractivity contribution in [2.75, 3.05) is 0 Å². The summed E-state index contributed by atoms with van der Waals surface area (Å²) in [5.74, 6) is 0.108. The van der Waals surface area contributed by atoms with Crippen molar-refractivity contribution >= 4 is 6.29 Å². The molecule has 0 amide bonds. The van der Waals surface area contributed by atoms with Crippen molar-refractivity contribution in [2.24, 2.45) is 11.7 Å². The Bertz CT molecular complexity index is 138. The van der Waals surface area contributed by atoms with Crippen molar-refractivity contribution in [1.29, 1.82) is 0 Å². The van der Waals surface area contributed by atoms with Gasteiger partial charge in [-0.05, 0) is 25.2 Å². The van der Waals surface area contributed by atoms with Gasteiger partial charge < -0.3 is 15.6 Å². The lowest BCUT2D eigenvalue weighted by molar-refractivity contribution is -0.117. The van der Waals surface area contributed by atoms with Crippen LogP contribution in [0.15, 0.2) is 0 Å². The van der Waals surface area contributed by atoms with E-state index in [9.17, 15) is 9.90 Å².